The number of rotatable bonds is 9. The van der Waals surface area contributed by atoms with Crippen molar-refractivity contribution in [2.24, 2.45) is 5.92 Å². The monoisotopic (exact) mass is 534 g/mol. The third-order valence-corrected chi connectivity index (χ3v) is 7.96. The van der Waals surface area contributed by atoms with Crippen molar-refractivity contribution in [3.8, 4) is 5.75 Å². The Labute approximate surface area is 234 Å². The Morgan fingerprint density at radius 3 is 2.46 bits per heavy atom. The number of piperazine rings is 1. The van der Waals surface area contributed by atoms with Crippen LogP contribution < -0.4 is 15.0 Å². The molecule has 4 rings (SSSR count). The van der Waals surface area contributed by atoms with Crippen molar-refractivity contribution in [3.05, 3.63) is 59.7 Å². The molecule has 0 unspecified atom stereocenters. The van der Waals surface area contributed by atoms with Gasteiger partial charge >= 0.3 is 0 Å². The van der Waals surface area contributed by atoms with Crippen molar-refractivity contribution in [3.63, 3.8) is 0 Å². The molecule has 1 N–H and O–H groups in total. The minimum atomic E-state index is -0.953. The summed E-state index contributed by atoms with van der Waals surface area (Å²) in [6, 6.07) is 16.6. The Bertz CT molecular complexity index is 1110. The molecule has 2 saturated heterocycles. The molecule has 2 aromatic rings. The maximum Gasteiger partial charge on any atom is 0.266 e. The predicted molar refractivity (Wildman–Crippen MR) is 157 cm³/mol. The summed E-state index contributed by atoms with van der Waals surface area (Å²) in [5.41, 5.74) is 2.57. The smallest absolute Gasteiger partial charge is 0.266 e. The number of nitrogens with zero attached hydrogens (tertiary/aromatic N) is 3. The van der Waals surface area contributed by atoms with Gasteiger partial charge in [0.05, 0.1) is 5.92 Å². The quantitative estimate of drug-likeness (QED) is 0.507. The number of hydrogen-bond acceptors (Lipinski definition) is 5. The normalized spacial score (nSPS) is 18.3. The van der Waals surface area contributed by atoms with Gasteiger partial charge in [-0.25, -0.2) is 0 Å². The first-order chi connectivity index (χ1) is 18.7. The van der Waals surface area contributed by atoms with Gasteiger partial charge in [-0.15, -0.1) is 0 Å². The van der Waals surface area contributed by atoms with E-state index in [2.05, 4.69) is 61.3 Å². The maximum absolute atomic E-state index is 13.6. The highest BCUT2D eigenvalue weighted by molar-refractivity contribution is 5.85. The highest BCUT2D eigenvalue weighted by atomic mass is 16.5. The van der Waals surface area contributed by atoms with Crippen LogP contribution in [0.4, 0.5) is 5.69 Å². The molecule has 2 heterocycles. The topological polar surface area (TPSA) is 65.1 Å². The number of carbonyl (C=O) groups is 2. The number of anilines is 1. The van der Waals surface area contributed by atoms with Gasteiger partial charge in [-0.05, 0) is 62.8 Å². The molecule has 0 bridgehead atoms. The molecule has 212 valence electrons. The van der Waals surface area contributed by atoms with Crippen molar-refractivity contribution in [2.75, 3.05) is 50.7 Å². The molecule has 2 fully saturated rings. The van der Waals surface area contributed by atoms with Crippen molar-refractivity contribution in [1.82, 2.24) is 15.1 Å². The fraction of sp³-hybridized carbons (Fsp3) is 0.562. The lowest BCUT2D eigenvalue weighted by Gasteiger charge is -2.37. The predicted octanol–water partition coefficient (Wildman–Crippen LogP) is 4.66. The van der Waals surface area contributed by atoms with Crippen molar-refractivity contribution < 1.29 is 14.3 Å². The average Bonchev–Trinajstić information content (AvgIpc) is 2.95. The first kappa shape index (κ1) is 28.9. The van der Waals surface area contributed by atoms with Gasteiger partial charge in [0.15, 0.2) is 5.60 Å². The van der Waals surface area contributed by atoms with Crippen molar-refractivity contribution in [1.29, 1.82) is 0 Å². The summed E-state index contributed by atoms with van der Waals surface area (Å²) in [7, 11) is 0. The second-order valence-corrected chi connectivity index (χ2v) is 11.7. The molecule has 0 aliphatic carbocycles. The molecule has 2 aliphatic heterocycles. The van der Waals surface area contributed by atoms with Crippen molar-refractivity contribution in [2.45, 2.75) is 65.5 Å². The molecule has 2 aliphatic rings. The molecule has 7 heteroatoms. The molecule has 39 heavy (non-hydrogen) atoms. The van der Waals surface area contributed by atoms with E-state index < -0.39 is 5.60 Å². The molecule has 0 spiro atoms. The minimum Gasteiger partial charge on any atom is -0.478 e. The van der Waals surface area contributed by atoms with Crippen LogP contribution in [0, 0.1) is 5.92 Å². The van der Waals surface area contributed by atoms with Crippen molar-refractivity contribution >= 4 is 17.5 Å². The first-order valence-electron chi connectivity index (χ1n) is 14.6. The van der Waals surface area contributed by atoms with E-state index in [9.17, 15) is 9.59 Å². The number of benzene rings is 2. The fourth-order valence-electron chi connectivity index (χ4n) is 5.58. The zero-order chi connectivity index (χ0) is 28.0. The van der Waals surface area contributed by atoms with Gasteiger partial charge in [-0.1, -0.05) is 44.2 Å². The van der Waals surface area contributed by atoms with E-state index in [0.29, 0.717) is 44.4 Å². The molecule has 7 nitrogen and oxygen atoms in total. The van der Waals surface area contributed by atoms with E-state index in [0.717, 1.165) is 38.2 Å². The van der Waals surface area contributed by atoms with E-state index in [-0.39, 0.29) is 17.7 Å². The van der Waals surface area contributed by atoms with E-state index in [1.807, 2.05) is 41.8 Å². The number of ether oxygens (including phenoxy) is 1. The Balaban J connectivity index is 1.39. The van der Waals surface area contributed by atoms with Gasteiger partial charge in [0, 0.05) is 64.1 Å². The number of hydrogen-bond donors (Lipinski definition) is 1. The van der Waals surface area contributed by atoms with Crippen LogP contribution >= 0.6 is 0 Å². The third-order valence-electron chi connectivity index (χ3n) is 7.96. The van der Waals surface area contributed by atoms with Crippen LogP contribution in [0.25, 0.3) is 0 Å². The van der Waals surface area contributed by atoms with Gasteiger partial charge in [-0.2, -0.15) is 0 Å². The summed E-state index contributed by atoms with van der Waals surface area (Å²) in [5, 5.41) is 3.29. The van der Waals surface area contributed by atoms with Gasteiger partial charge in [-0.3, -0.25) is 9.59 Å². The summed E-state index contributed by atoms with van der Waals surface area (Å²) >= 11 is 0. The zero-order valence-electron chi connectivity index (χ0n) is 24.4. The van der Waals surface area contributed by atoms with Crippen LogP contribution in [-0.4, -0.2) is 73.0 Å². The summed E-state index contributed by atoms with van der Waals surface area (Å²) < 4.78 is 6.25. The van der Waals surface area contributed by atoms with Crippen LogP contribution in [0.5, 0.6) is 5.75 Å². The summed E-state index contributed by atoms with van der Waals surface area (Å²) in [6.07, 6.45) is 1.87. The number of nitrogens with one attached hydrogen (secondary N) is 1. The van der Waals surface area contributed by atoms with E-state index >= 15 is 0 Å². The van der Waals surface area contributed by atoms with E-state index in [1.54, 1.807) is 0 Å². The Hall–Kier alpha value is -3.06. The highest BCUT2D eigenvalue weighted by Gasteiger charge is 2.35. The second kappa shape index (κ2) is 12.9. The van der Waals surface area contributed by atoms with Gasteiger partial charge < -0.3 is 24.8 Å². The molecule has 2 aromatic carbocycles. The van der Waals surface area contributed by atoms with E-state index in [4.69, 9.17) is 4.74 Å². The second-order valence-electron chi connectivity index (χ2n) is 11.7. The van der Waals surface area contributed by atoms with Crippen LogP contribution in [0.15, 0.2) is 48.5 Å². The molecule has 2 amide bonds. The third kappa shape index (κ3) is 7.33. The minimum absolute atomic E-state index is 0.0107. The molecule has 0 aromatic heterocycles. The zero-order valence-corrected chi connectivity index (χ0v) is 24.4. The SMILES string of the molecule is CCN(Cc1ccc(C(C)C)cc1)C(=O)[C@@H]1CCCN(c2cccc(OC(C)(C)C(=O)N3CCNCC3)c2)C1. The number of amides is 2. The fourth-order valence-corrected chi connectivity index (χ4v) is 5.58. The largest absolute Gasteiger partial charge is 0.478 e. The van der Waals surface area contributed by atoms with Gasteiger partial charge in [0.25, 0.3) is 5.91 Å². The lowest BCUT2D eigenvalue weighted by Crippen LogP contribution is -2.54. The van der Waals surface area contributed by atoms with Crippen LogP contribution in [0.2, 0.25) is 0 Å². The molecule has 1 atom stereocenters. The summed E-state index contributed by atoms with van der Waals surface area (Å²) in [5.74, 6) is 1.37. The highest BCUT2D eigenvalue weighted by Crippen LogP contribution is 2.30. The number of carbonyl (C=O) groups excluding carboxylic acids is 2. The Morgan fingerprint density at radius 1 is 1.08 bits per heavy atom. The standard InChI is InChI=1S/C32H46N4O3/c1-6-34(22-25-12-14-26(15-13-25)24(2)3)30(37)27-9-8-18-36(23-27)28-10-7-11-29(21-28)39-32(4,5)31(38)35-19-16-33-17-20-35/h7,10-15,21,24,27,33H,6,8-9,16-20,22-23H2,1-5H3/t27-/m1/s1. The van der Waals surface area contributed by atoms with Crippen LogP contribution in [0.1, 0.15) is 64.5 Å². The Morgan fingerprint density at radius 2 is 1.79 bits per heavy atom. The average molecular weight is 535 g/mol. The molecule has 0 radical (unpaired) electrons. The molecular weight excluding hydrogens is 488 g/mol. The number of piperidine rings is 1. The first-order valence-corrected chi connectivity index (χ1v) is 14.6. The van der Waals surface area contributed by atoms with Gasteiger partial charge in [0.1, 0.15) is 5.75 Å². The molecule has 0 saturated carbocycles. The summed E-state index contributed by atoms with van der Waals surface area (Å²) in [4.78, 5) is 32.9. The van der Waals surface area contributed by atoms with Gasteiger partial charge in [0.2, 0.25) is 5.91 Å². The Kier molecular flexibility index (Phi) is 9.54. The lowest BCUT2D eigenvalue weighted by molar-refractivity contribution is -0.146. The van der Waals surface area contributed by atoms with Crippen LogP contribution in [-0.2, 0) is 16.1 Å². The summed E-state index contributed by atoms with van der Waals surface area (Å²) in [6.45, 7) is 16.1. The van der Waals surface area contributed by atoms with Crippen LogP contribution in [0.3, 0.4) is 0 Å². The lowest BCUT2D eigenvalue weighted by atomic mass is 9.95. The molecular formula is C32H46N4O3. The van der Waals surface area contributed by atoms with E-state index in [1.165, 1.54) is 11.1 Å². The maximum atomic E-state index is 13.6.